The van der Waals surface area contributed by atoms with E-state index in [-0.39, 0.29) is 10.8 Å². The molecule has 1 fully saturated rings. The van der Waals surface area contributed by atoms with Gasteiger partial charge in [0.1, 0.15) is 5.75 Å². The highest BCUT2D eigenvalue weighted by atomic mass is 32.2. The first-order valence-electron chi connectivity index (χ1n) is 7.60. The van der Waals surface area contributed by atoms with E-state index in [2.05, 4.69) is 0 Å². The van der Waals surface area contributed by atoms with Crippen molar-refractivity contribution in [2.24, 2.45) is 5.41 Å². The van der Waals surface area contributed by atoms with Crippen LogP contribution in [0.2, 0.25) is 0 Å². The Morgan fingerprint density at radius 1 is 1.13 bits per heavy atom. The van der Waals surface area contributed by atoms with Crippen molar-refractivity contribution in [1.82, 2.24) is 9.21 Å². The van der Waals surface area contributed by atoms with Crippen molar-refractivity contribution in [3.63, 3.8) is 0 Å². The van der Waals surface area contributed by atoms with Gasteiger partial charge in [0.05, 0.1) is 12.0 Å². The van der Waals surface area contributed by atoms with Gasteiger partial charge in [0.15, 0.2) is 0 Å². The summed E-state index contributed by atoms with van der Waals surface area (Å²) >= 11 is 0. The Balaban J connectivity index is 2.11. The molecule has 6 nitrogen and oxygen atoms in total. The predicted molar refractivity (Wildman–Crippen MR) is 87.8 cm³/mol. The monoisotopic (exact) mass is 340 g/mol. The zero-order valence-corrected chi connectivity index (χ0v) is 14.9. The number of rotatable bonds is 3. The quantitative estimate of drug-likeness (QED) is 0.838. The molecule has 2 rings (SSSR count). The molecule has 1 aliphatic rings. The molecule has 0 N–H and O–H groups in total. The summed E-state index contributed by atoms with van der Waals surface area (Å²) in [5.74, 6) is 0.559. The van der Waals surface area contributed by atoms with E-state index < -0.39 is 15.4 Å². The maximum Gasteiger partial charge on any atom is 0.243 e. The SMILES string of the molecule is COc1cccc(S(=O)(=O)N2CCN(C(=O)C(C)(C)C)CC2)c1. The van der Waals surface area contributed by atoms with Crippen molar-refractivity contribution in [3.05, 3.63) is 24.3 Å². The standard InChI is InChI=1S/C16H24N2O4S/c1-16(2,3)15(19)17-8-10-18(11-9-17)23(20,21)14-7-5-6-13(12-14)22-4/h5-7,12H,8-11H2,1-4H3. The van der Waals surface area contributed by atoms with Crippen LogP contribution in [0, 0.1) is 5.41 Å². The number of carbonyl (C=O) groups is 1. The molecule has 7 heteroatoms. The first kappa shape index (κ1) is 17.7. The van der Waals surface area contributed by atoms with Crippen LogP contribution in [-0.2, 0) is 14.8 Å². The van der Waals surface area contributed by atoms with Crippen molar-refractivity contribution >= 4 is 15.9 Å². The van der Waals surface area contributed by atoms with Gasteiger partial charge in [-0.2, -0.15) is 4.31 Å². The van der Waals surface area contributed by atoms with Crippen LogP contribution >= 0.6 is 0 Å². The molecule has 0 aliphatic carbocycles. The minimum Gasteiger partial charge on any atom is -0.497 e. The van der Waals surface area contributed by atoms with Crippen molar-refractivity contribution in [2.75, 3.05) is 33.3 Å². The van der Waals surface area contributed by atoms with E-state index in [1.807, 2.05) is 20.8 Å². The smallest absolute Gasteiger partial charge is 0.243 e. The summed E-state index contributed by atoms with van der Waals surface area (Å²) in [4.78, 5) is 14.2. The van der Waals surface area contributed by atoms with Gasteiger partial charge in [0.2, 0.25) is 15.9 Å². The highest BCUT2D eigenvalue weighted by molar-refractivity contribution is 7.89. The molecule has 0 atom stereocenters. The van der Waals surface area contributed by atoms with E-state index in [1.54, 1.807) is 23.1 Å². The van der Waals surface area contributed by atoms with Crippen LogP contribution < -0.4 is 4.74 Å². The molecular formula is C16H24N2O4S. The number of piperazine rings is 1. The molecule has 0 saturated carbocycles. The lowest BCUT2D eigenvalue weighted by Gasteiger charge is -2.37. The summed E-state index contributed by atoms with van der Waals surface area (Å²) in [5.41, 5.74) is -0.451. The number of benzene rings is 1. The summed E-state index contributed by atoms with van der Waals surface area (Å²) in [5, 5.41) is 0. The molecule has 1 aromatic carbocycles. The first-order chi connectivity index (χ1) is 10.7. The van der Waals surface area contributed by atoms with Crippen molar-refractivity contribution in [1.29, 1.82) is 0 Å². The van der Waals surface area contributed by atoms with Gasteiger partial charge in [0.25, 0.3) is 0 Å². The zero-order chi connectivity index (χ0) is 17.3. The Labute approximate surface area is 138 Å². The Morgan fingerprint density at radius 3 is 2.26 bits per heavy atom. The molecule has 1 heterocycles. The van der Waals surface area contributed by atoms with E-state index in [4.69, 9.17) is 4.74 Å². The largest absolute Gasteiger partial charge is 0.497 e. The van der Waals surface area contributed by atoms with Gasteiger partial charge >= 0.3 is 0 Å². The van der Waals surface area contributed by atoms with Crippen LogP contribution in [0.3, 0.4) is 0 Å². The Kier molecular flexibility index (Phi) is 5.01. The molecule has 1 aliphatic heterocycles. The second-order valence-electron chi connectivity index (χ2n) is 6.63. The molecule has 1 saturated heterocycles. The molecular weight excluding hydrogens is 316 g/mol. The van der Waals surface area contributed by atoms with Gasteiger partial charge < -0.3 is 9.64 Å². The molecule has 1 amide bonds. The second-order valence-corrected chi connectivity index (χ2v) is 8.56. The molecule has 0 aromatic heterocycles. The summed E-state index contributed by atoms with van der Waals surface area (Å²) in [7, 11) is -2.06. The van der Waals surface area contributed by atoms with E-state index in [9.17, 15) is 13.2 Å². The van der Waals surface area contributed by atoms with E-state index in [1.165, 1.54) is 17.5 Å². The number of sulfonamides is 1. The van der Waals surface area contributed by atoms with Crippen molar-refractivity contribution < 1.29 is 17.9 Å². The van der Waals surface area contributed by atoms with Gasteiger partial charge in [-0.3, -0.25) is 4.79 Å². The lowest BCUT2D eigenvalue weighted by Crippen LogP contribution is -2.52. The molecule has 128 valence electrons. The average molecular weight is 340 g/mol. The maximum atomic E-state index is 12.7. The van der Waals surface area contributed by atoms with Crippen LogP contribution in [0.15, 0.2) is 29.2 Å². The first-order valence-corrected chi connectivity index (χ1v) is 9.04. The summed E-state index contributed by atoms with van der Waals surface area (Å²) in [6, 6.07) is 6.44. The average Bonchev–Trinajstić information content (AvgIpc) is 2.53. The fourth-order valence-corrected chi connectivity index (χ4v) is 3.97. The molecule has 0 spiro atoms. The molecule has 0 unspecified atom stereocenters. The molecule has 23 heavy (non-hydrogen) atoms. The number of ether oxygens (including phenoxy) is 1. The topological polar surface area (TPSA) is 66.9 Å². The molecule has 0 radical (unpaired) electrons. The second kappa shape index (κ2) is 6.49. The number of methoxy groups -OCH3 is 1. The zero-order valence-electron chi connectivity index (χ0n) is 14.1. The minimum absolute atomic E-state index is 0.0518. The third-order valence-corrected chi connectivity index (χ3v) is 5.74. The van der Waals surface area contributed by atoms with Crippen LogP contribution in [0.5, 0.6) is 5.75 Å². The number of nitrogens with zero attached hydrogens (tertiary/aromatic N) is 2. The Bertz CT molecular complexity index is 672. The van der Waals surface area contributed by atoms with E-state index >= 15 is 0 Å². The van der Waals surface area contributed by atoms with Gasteiger partial charge in [-0.05, 0) is 12.1 Å². The van der Waals surface area contributed by atoms with Gasteiger partial charge in [-0.15, -0.1) is 0 Å². The van der Waals surface area contributed by atoms with E-state index in [0.29, 0.717) is 31.9 Å². The van der Waals surface area contributed by atoms with Gasteiger partial charge in [-0.25, -0.2) is 8.42 Å². The highest BCUT2D eigenvalue weighted by Gasteiger charge is 2.33. The fraction of sp³-hybridized carbons (Fsp3) is 0.562. The third-order valence-electron chi connectivity index (χ3n) is 3.85. The van der Waals surface area contributed by atoms with Crippen LogP contribution in [-0.4, -0.2) is 56.8 Å². The fourth-order valence-electron chi connectivity index (χ4n) is 2.52. The van der Waals surface area contributed by atoms with Gasteiger partial charge in [0, 0.05) is 37.7 Å². The maximum absolute atomic E-state index is 12.7. The lowest BCUT2D eigenvalue weighted by molar-refractivity contribution is -0.140. The number of carbonyl (C=O) groups excluding carboxylic acids is 1. The molecule has 1 aromatic rings. The predicted octanol–water partition coefficient (Wildman–Crippen LogP) is 1.57. The third kappa shape index (κ3) is 3.84. The van der Waals surface area contributed by atoms with E-state index in [0.717, 1.165) is 0 Å². The number of amides is 1. The summed E-state index contributed by atoms with van der Waals surface area (Å²) < 4.78 is 31.9. The summed E-state index contributed by atoms with van der Waals surface area (Å²) in [6.45, 7) is 7.05. The van der Waals surface area contributed by atoms with Gasteiger partial charge in [-0.1, -0.05) is 26.8 Å². The van der Waals surface area contributed by atoms with Crippen LogP contribution in [0.1, 0.15) is 20.8 Å². The molecule has 0 bridgehead atoms. The normalized spacial score (nSPS) is 17.1. The highest BCUT2D eigenvalue weighted by Crippen LogP contribution is 2.23. The Hall–Kier alpha value is -1.60. The minimum atomic E-state index is -3.56. The van der Waals surface area contributed by atoms with Crippen LogP contribution in [0.25, 0.3) is 0 Å². The van der Waals surface area contributed by atoms with Crippen molar-refractivity contribution in [2.45, 2.75) is 25.7 Å². The lowest BCUT2D eigenvalue weighted by atomic mass is 9.94. The number of hydrogen-bond donors (Lipinski definition) is 0. The number of hydrogen-bond acceptors (Lipinski definition) is 4. The van der Waals surface area contributed by atoms with Crippen LogP contribution in [0.4, 0.5) is 0 Å². The van der Waals surface area contributed by atoms with Crippen molar-refractivity contribution in [3.8, 4) is 5.75 Å². The summed E-state index contributed by atoms with van der Waals surface area (Å²) in [6.07, 6.45) is 0. The Morgan fingerprint density at radius 2 is 1.74 bits per heavy atom.